The highest BCUT2D eigenvalue weighted by Crippen LogP contribution is 2.40. The average molecular weight is 524 g/mol. The molecule has 2 aliphatic rings. The van der Waals surface area contributed by atoms with E-state index in [9.17, 15) is 14.0 Å². The maximum Gasteiger partial charge on any atom is 0.341 e. The first-order chi connectivity index (χ1) is 17.4. The number of thiophene rings is 1. The lowest BCUT2D eigenvalue weighted by Crippen LogP contribution is -2.19. The SMILES string of the molecule is CCOC(=O)c1c(-n2c(C)cc(/C=C3\SC(=Nc4ccc(F)cc4)NC3=O)c2C)sc2c1CCCC2. The van der Waals surface area contributed by atoms with Gasteiger partial charge in [-0.1, -0.05) is 0 Å². The van der Waals surface area contributed by atoms with Crippen molar-refractivity contribution in [1.82, 2.24) is 9.88 Å². The van der Waals surface area contributed by atoms with Gasteiger partial charge in [0.15, 0.2) is 5.17 Å². The summed E-state index contributed by atoms with van der Waals surface area (Å²) >= 11 is 2.91. The molecule has 1 aliphatic carbocycles. The van der Waals surface area contributed by atoms with Crippen molar-refractivity contribution in [3.63, 3.8) is 0 Å². The number of aryl methyl sites for hydroxylation is 2. The molecule has 186 valence electrons. The van der Waals surface area contributed by atoms with Crippen LogP contribution in [0.5, 0.6) is 0 Å². The van der Waals surface area contributed by atoms with Crippen LogP contribution in [-0.4, -0.2) is 28.2 Å². The van der Waals surface area contributed by atoms with Gasteiger partial charge in [-0.2, -0.15) is 0 Å². The van der Waals surface area contributed by atoms with E-state index >= 15 is 0 Å². The van der Waals surface area contributed by atoms with Crippen LogP contribution in [0.25, 0.3) is 11.1 Å². The standard InChI is InChI=1S/C27H26FN3O3S2/c1-4-34-26(33)23-20-7-5-6-8-21(20)35-25(23)31-15(2)13-17(16(31)3)14-22-24(32)30-27(36-22)29-19-11-9-18(28)10-12-19/h9-14H,4-8H2,1-3H3,(H,29,30,32)/b22-14-. The number of nitrogens with one attached hydrogen (secondary N) is 1. The number of hydrogen-bond acceptors (Lipinski definition) is 6. The van der Waals surface area contributed by atoms with Gasteiger partial charge in [-0.25, -0.2) is 14.2 Å². The fourth-order valence-corrected chi connectivity index (χ4v) is 6.94. The van der Waals surface area contributed by atoms with Gasteiger partial charge in [0.25, 0.3) is 5.91 Å². The van der Waals surface area contributed by atoms with Crippen LogP contribution in [0, 0.1) is 19.7 Å². The lowest BCUT2D eigenvalue weighted by atomic mass is 9.95. The zero-order valence-corrected chi connectivity index (χ0v) is 21.9. The maximum atomic E-state index is 13.2. The number of benzene rings is 1. The predicted octanol–water partition coefficient (Wildman–Crippen LogP) is 6.24. The van der Waals surface area contributed by atoms with Crippen molar-refractivity contribution in [3.8, 4) is 5.00 Å². The maximum absolute atomic E-state index is 13.2. The zero-order valence-electron chi connectivity index (χ0n) is 20.3. The minimum atomic E-state index is -0.337. The van der Waals surface area contributed by atoms with Crippen molar-refractivity contribution in [2.75, 3.05) is 6.61 Å². The minimum absolute atomic E-state index is 0.232. The molecule has 3 aromatic rings. The average Bonchev–Trinajstić information content (AvgIpc) is 3.48. The van der Waals surface area contributed by atoms with E-state index in [2.05, 4.69) is 14.9 Å². The highest BCUT2D eigenvalue weighted by Gasteiger charge is 2.29. The number of carbonyl (C=O) groups excluding carboxylic acids is 2. The molecule has 0 bridgehead atoms. The molecule has 1 N–H and O–H groups in total. The Morgan fingerprint density at radius 2 is 1.97 bits per heavy atom. The molecule has 5 rings (SSSR count). The van der Waals surface area contributed by atoms with E-state index in [1.807, 2.05) is 32.9 Å². The van der Waals surface area contributed by atoms with Gasteiger partial charge >= 0.3 is 5.97 Å². The normalized spacial score (nSPS) is 17.5. The number of aliphatic imine (C=N–C) groups is 1. The van der Waals surface area contributed by atoms with Crippen molar-refractivity contribution in [3.05, 3.63) is 74.0 Å². The largest absolute Gasteiger partial charge is 0.462 e. The molecule has 0 atom stereocenters. The second kappa shape index (κ2) is 10.1. The third-order valence-corrected chi connectivity index (χ3v) is 8.49. The third kappa shape index (κ3) is 4.65. The van der Waals surface area contributed by atoms with Gasteiger partial charge in [-0.3, -0.25) is 4.79 Å². The number of nitrogens with zero attached hydrogens (tertiary/aromatic N) is 2. The summed E-state index contributed by atoms with van der Waals surface area (Å²) in [6.45, 7) is 6.16. The molecule has 1 aromatic carbocycles. The van der Waals surface area contributed by atoms with Gasteiger partial charge in [0.2, 0.25) is 0 Å². The number of amides is 1. The number of fused-ring (bicyclic) bond motifs is 1. The van der Waals surface area contributed by atoms with Crippen LogP contribution in [-0.2, 0) is 22.4 Å². The topological polar surface area (TPSA) is 72.7 Å². The van der Waals surface area contributed by atoms with Gasteiger partial charge in [0.1, 0.15) is 10.8 Å². The molecule has 0 spiro atoms. The van der Waals surface area contributed by atoms with Gasteiger partial charge < -0.3 is 14.6 Å². The Labute approximate surface area is 217 Å². The molecule has 2 aromatic heterocycles. The highest BCUT2D eigenvalue weighted by molar-refractivity contribution is 8.18. The van der Waals surface area contributed by atoms with Crippen LogP contribution in [0.1, 0.15) is 57.5 Å². The van der Waals surface area contributed by atoms with Crippen molar-refractivity contribution in [2.24, 2.45) is 4.99 Å². The summed E-state index contributed by atoms with van der Waals surface area (Å²) < 4.78 is 20.7. The summed E-state index contributed by atoms with van der Waals surface area (Å²) in [7, 11) is 0. The molecule has 9 heteroatoms. The van der Waals surface area contributed by atoms with Crippen LogP contribution in [0.3, 0.4) is 0 Å². The number of hydrogen-bond donors (Lipinski definition) is 1. The van der Waals surface area contributed by atoms with E-state index < -0.39 is 0 Å². The van der Waals surface area contributed by atoms with Crippen LogP contribution in [0.15, 0.2) is 40.2 Å². The van der Waals surface area contributed by atoms with Gasteiger partial charge in [-0.05, 0) is 106 Å². The first-order valence-corrected chi connectivity index (χ1v) is 13.5. The Morgan fingerprint density at radius 1 is 1.22 bits per heavy atom. The number of rotatable bonds is 5. The molecule has 1 fully saturated rings. The van der Waals surface area contributed by atoms with Crippen molar-refractivity contribution in [1.29, 1.82) is 0 Å². The van der Waals surface area contributed by atoms with Gasteiger partial charge in [-0.15, -0.1) is 11.3 Å². The predicted molar refractivity (Wildman–Crippen MR) is 143 cm³/mol. The van der Waals surface area contributed by atoms with Crippen LogP contribution in [0.4, 0.5) is 10.1 Å². The van der Waals surface area contributed by atoms with Crippen LogP contribution >= 0.6 is 23.1 Å². The first kappa shape index (κ1) is 24.5. The van der Waals surface area contributed by atoms with Crippen molar-refractivity contribution in [2.45, 2.75) is 46.5 Å². The second-order valence-corrected chi connectivity index (χ2v) is 10.8. The number of halogens is 1. The van der Waals surface area contributed by atoms with Crippen LogP contribution in [0.2, 0.25) is 0 Å². The molecule has 1 aliphatic heterocycles. The van der Waals surface area contributed by atoms with E-state index in [1.165, 1.54) is 28.8 Å². The quantitative estimate of drug-likeness (QED) is 0.317. The summed E-state index contributed by atoms with van der Waals surface area (Å²) in [5, 5.41) is 4.11. The third-order valence-electron chi connectivity index (χ3n) is 6.30. The van der Waals surface area contributed by atoms with Crippen molar-refractivity contribution >= 4 is 51.9 Å². The Hall–Kier alpha value is -3.17. The summed E-state index contributed by atoms with van der Waals surface area (Å²) in [5.74, 6) is -0.841. The molecular weight excluding hydrogens is 497 g/mol. The fraction of sp³-hybridized carbons (Fsp3) is 0.296. The lowest BCUT2D eigenvalue weighted by Gasteiger charge is -2.13. The van der Waals surface area contributed by atoms with Crippen molar-refractivity contribution < 1.29 is 18.7 Å². The number of esters is 1. The zero-order chi connectivity index (χ0) is 25.4. The Balaban J connectivity index is 1.50. The summed E-state index contributed by atoms with van der Waals surface area (Å²) in [4.78, 5) is 31.8. The second-order valence-electron chi connectivity index (χ2n) is 8.73. The molecule has 0 unspecified atom stereocenters. The number of amidine groups is 1. The smallest absolute Gasteiger partial charge is 0.341 e. The first-order valence-electron chi connectivity index (χ1n) is 11.9. The number of aromatic nitrogens is 1. The summed E-state index contributed by atoms with van der Waals surface area (Å²) in [6.07, 6.45) is 5.93. The molecule has 6 nitrogen and oxygen atoms in total. The Kier molecular flexibility index (Phi) is 6.85. The highest BCUT2D eigenvalue weighted by atomic mass is 32.2. The number of thioether (sulfide) groups is 1. The Morgan fingerprint density at radius 3 is 2.72 bits per heavy atom. The van der Waals surface area contributed by atoms with E-state index in [0.717, 1.165) is 53.2 Å². The molecule has 1 saturated heterocycles. The molecule has 0 saturated carbocycles. The van der Waals surface area contributed by atoms with Crippen LogP contribution < -0.4 is 5.32 Å². The van der Waals surface area contributed by atoms with Gasteiger partial charge in [0.05, 0.1) is 22.8 Å². The lowest BCUT2D eigenvalue weighted by molar-refractivity contribution is -0.115. The van der Waals surface area contributed by atoms with E-state index in [0.29, 0.717) is 27.9 Å². The summed E-state index contributed by atoms with van der Waals surface area (Å²) in [6, 6.07) is 7.82. The molecule has 36 heavy (non-hydrogen) atoms. The van der Waals surface area contributed by atoms with E-state index in [1.54, 1.807) is 23.5 Å². The number of ether oxygens (including phenoxy) is 1. The Bertz CT molecular complexity index is 1420. The van der Waals surface area contributed by atoms with E-state index in [4.69, 9.17) is 4.74 Å². The molecule has 1 amide bonds. The fourth-order valence-electron chi connectivity index (χ4n) is 4.62. The monoisotopic (exact) mass is 523 g/mol. The molecular formula is C27H26FN3O3S2. The molecule has 3 heterocycles. The minimum Gasteiger partial charge on any atom is -0.462 e. The van der Waals surface area contributed by atoms with Gasteiger partial charge in [0, 0.05) is 16.3 Å². The molecule has 0 radical (unpaired) electrons. The number of carbonyl (C=O) groups is 2. The van der Waals surface area contributed by atoms with E-state index in [-0.39, 0.29) is 17.7 Å². The summed E-state index contributed by atoms with van der Waals surface area (Å²) in [5.41, 5.74) is 5.19.